The lowest BCUT2D eigenvalue weighted by molar-refractivity contribution is 0.0470. The van der Waals surface area contributed by atoms with Crippen molar-refractivity contribution >= 4 is 33.2 Å². The maximum atomic E-state index is 13.3. The second kappa shape index (κ2) is 7.97. The van der Waals surface area contributed by atoms with Crippen LogP contribution in [-0.2, 0) is 11.3 Å². The lowest BCUT2D eigenvalue weighted by atomic mass is 10.0. The number of benzene rings is 2. The van der Waals surface area contributed by atoms with E-state index in [-0.39, 0.29) is 18.0 Å². The van der Waals surface area contributed by atoms with E-state index in [1.807, 2.05) is 24.4 Å². The van der Waals surface area contributed by atoms with Gasteiger partial charge in [0.1, 0.15) is 12.4 Å². The summed E-state index contributed by atoms with van der Waals surface area (Å²) in [5.74, 6) is -0.910. The molecular formula is C24H16FN3O3S. The molecule has 3 heterocycles. The number of carbonyl (C=O) groups is 1. The number of esters is 1. The predicted octanol–water partition coefficient (Wildman–Crippen LogP) is 4.78. The van der Waals surface area contributed by atoms with Gasteiger partial charge in [-0.05, 0) is 43.3 Å². The van der Waals surface area contributed by atoms with E-state index in [4.69, 9.17) is 4.74 Å². The first-order valence-electron chi connectivity index (χ1n) is 9.79. The number of aromatic nitrogens is 3. The van der Waals surface area contributed by atoms with Crippen LogP contribution >= 0.6 is 11.3 Å². The molecule has 0 saturated heterocycles. The van der Waals surface area contributed by atoms with E-state index in [9.17, 15) is 14.0 Å². The molecule has 0 saturated carbocycles. The number of aryl methyl sites for hydroxylation is 1. The lowest BCUT2D eigenvalue weighted by Gasteiger charge is -2.10. The molecule has 0 radical (unpaired) electrons. The molecule has 5 aromatic rings. The van der Waals surface area contributed by atoms with Crippen LogP contribution in [0, 0.1) is 12.7 Å². The zero-order valence-electron chi connectivity index (χ0n) is 16.9. The van der Waals surface area contributed by atoms with Crippen molar-refractivity contribution in [3.05, 3.63) is 99.2 Å². The number of hydrogen-bond acceptors (Lipinski definition) is 6. The molecule has 32 heavy (non-hydrogen) atoms. The largest absolute Gasteiger partial charge is 0.456 e. The van der Waals surface area contributed by atoms with Gasteiger partial charge in [0.2, 0.25) is 0 Å². The fraction of sp³-hybridized carbons (Fsp3) is 0.0833. The van der Waals surface area contributed by atoms with Crippen molar-refractivity contribution < 1.29 is 13.9 Å². The Balaban J connectivity index is 1.49. The first-order chi connectivity index (χ1) is 15.5. The van der Waals surface area contributed by atoms with Gasteiger partial charge in [0.25, 0.3) is 5.56 Å². The number of nitrogens with zero attached hydrogens (tertiary/aromatic N) is 3. The minimum absolute atomic E-state index is 0.135. The Kier molecular flexibility index (Phi) is 4.99. The van der Waals surface area contributed by atoms with Crippen molar-refractivity contribution in [1.82, 2.24) is 14.4 Å². The third-order valence-corrected chi connectivity index (χ3v) is 6.00. The van der Waals surface area contributed by atoms with E-state index in [1.165, 1.54) is 33.9 Å². The summed E-state index contributed by atoms with van der Waals surface area (Å²) < 4.78 is 20.4. The molecule has 3 aromatic heterocycles. The summed E-state index contributed by atoms with van der Waals surface area (Å²) in [4.78, 5) is 34.9. The minimum atomic E-state index is -0.559. The molecule has 0 aliphatic carbocycles. The van der Waals surface area contributed by atoms with Crippen molar-refractivity contribution in [3.8, 4) is 11.3 Å². The molecule has 0 atom stereocenters. The Morgan fingerprint density at radius 3 is 2.69 bits per heavy atom. The number of halogens is 1. The van der Waals surface area contributed by atoms with Crippen molar-refractivity contribution in [1.29, 1.82) is 0 Å². The highest BCUT2D eigenvalue weighted by Gasteiger charge is 2.16. The summed E-state index contributed by atoms with van der Waals surface area (Å²) in [5, 5.41) is 2.49. The van der Waals surface area contributed by atoms with Crippen molar-refractivity contribution in [2.45, 2.75) is 13.5 Å². The van der Waals surface area contributed by atoms with Gasteiger partial charge in [-0.1, -0.05) is 18.2 Å². The SMILES string of the molecule is Cc1csc2nc(COC(=O)c3cc(-c4ccc(F)cc4)nc4ccccc34)cc(=O)n12. The normalized spacial score (nSPS) is 11.2. The Bertz CT molecular complexity index is 1540. The van der Waals surface area contributed by atoms with Crippen LogP contribution in [0.2, 0.25) is 0 Å². The van der Waals surface area contributed by atoms with Gasteiger partial charge in [0, 0.05) is 28.1 Å². The van der Waals surface area contributed by atoms with Crippen molar-refractivity contribution in [2.24, 2.45) is 0 Å². The van der Waals surface area contributed by atoms with Crippen LogP contribution in [0.25, 0.3) is 27.1 Å². The minimum Gasteiger partial charge on any atom is -0.456 e. The number of pyridine rings is 1. The fourth-order valence-electron chi connectivity index (χ4n) is 3.50. The van der Waals surface area contributed by atoms with Crippen LogP contribution in [0.15, 0.2) is 70.8 Å². The molecule has 0 spiro atoms. The molecule has 8 heteroatoms. The number of fused-ring (bicyclic) bond motifs is 2. The van der Waals surface area contributed by atoms with Crippen LogP contribution in [0.1, 0.15) is 21.7 Å². The Morgan fingerprint density at radius 2 is 1.88 bits per heavy atom. The molecular weight excluding hydrogens is 429 g/mol. The van der Waals surface area contributed by atoms with E-state index in [0.717, 1.165) is 5.69 Å². The number of rotatable bonds is 4. The van der Waals surface area contributed by atoms with E-state index in [1.54, 1.807) is 30.3 Å². The Hall–Kier alpha value is -3.91. The first kappa shape index (κ1) is 20.0. The highest BCUT2D eigenvalue weighted by molar-refractivity contribution is 7.15. The van der Waals surface area contributed by atoms with E-state index in [0.29, 0.717) is 38.4 Å². The molecule has 0 aliphatic rings. The monoisotopic (exact) mass is 445 g/mol. The average molecular weight is 445 g/mol. The zero-order chi connectivity index (χ0) is 22.2. The van der Waals surface area contributed by atoms with Crippen molar-refractivity contribution in [2.75, 3.05) is 0 Å². The molecule has 0 amide bonds. The van der Waals surface area contributed by atoms with E-state index < -0.39 is 5.97 Å². The standard InChI is InChI=1S/C24H16FN3O3S/c1-14-13-32-24-26-17(10-22(29)28(14)24)12-31-23(30)19-11-21(15-6-8-16(25)9-7-15)27-20-5-3-2-4-18(19)20/h2-11,13H,12H2,1H3. The average Bonchev–Trinajstić information content (AvgIpc) is 3.18. The molecule has 6 nitrogen and oxygen atoms in total. The summed E-state index contributed by atoms with van der Waals surface area (Å²) in [7, 11) is 0. The van der Waals surface area contributed by atoms with Crippen LogP contribution in [-0.4, -0.2) is 20.3 Å². The number of carbonyl (C=O) groups excluding carboxylic acids is 1. The van der Waals surface area contributed by atoms with Gasteiger partial charge in [-0.25, -0.2) is 19.2 Å². The number of hydrogen-bond donors (Lipinski definition) is 0. The van der Waals surface area contributed by atoms with E-state index in [2.05, 4.69) is 9.97 Å². The first-order valence-corrected chi connectivity index (χ1v) is 10.7. The summed E-state index contributed by atoms with van der Waals surface area (Å²) in [6, 6.07) is 16.1. The summed E-state index contributed by atoms with van der Waals surface area (Å²) >= 11 is 1.35. The smallest absolute Gasteiger partial charge is 0.339 e. The molecule has 0 unspecified atom stereocenters. The lowest BCUT2D eigenvalue weighted by Crippen LogP contribution is -2.16. The molecule has 0 aliphatic heterocycles. The maximum Gasteiger partial charge on any atom is 0.339 e. The third-order valence-electron chi connectivity index (χ3n) is 5.06. The summed E-state index contributed by atoms with van der Waals surface area (Å²) in [5.41, 5.74) is 3.13. The van der Waals surface area contributed by atoms with Gasteiger partial charge in [-0.3, -0.25) is 9.20 Å². The van der Waals surface area contributed by atoms with Gasteiger partial charge in [0.05, 0.1) is 22.5 Å². The van der Waals surface area contributed by atoms with Crippen molar-refractivity contribution in [3.63, 3.8) is 0 Å². The van der Waals surface area contributed by atoms with Gasteiger partial charge in [-0.15, -0.1) is 11.3 Å². The summed E-state index contributed by atoms with van der Waals surface area (Å²) in [6.45, 7) is 1.70. The quantitative estimate of drug-likeness (QED) is 0.373. The molecule has 0 fully saturated rings. The zero-order valence-corrected chi connectivity index (χ0v) is 17.7. The number of para-hydroxylation sites is 1. The van der Waals surface area contributed by atoms with Crippen LogP contribution < -0.4 is 5.56 Å². The number of ether oxygens (including phenoxy) is 1. The van der Waals surface area contributed by atoms with Crippen LogP contribution in [0.4, 0.5) is 4.39 Å². The van der Waals surface area contributed by atoms with Gasteiger partial charge in [0.15, 0.2) is 4.96 Å². The highest BCUT2D eigenvalue weighted by Crippen LogP contribution is 2.26. The third kappa shape index (κ3) is 3.65. The van der Waals surface area contributed by atoms with Gasteiger partial charge in [-0.2, -0.15) is 0 Å². The molecule has 0 N–H and O–H groups in total. The molecule has 2 aromatic carbocycles. The predicted molar refractivity (Wildman–Crippen MR) is 120 cm³/mol. The van der Waals surface area contributed by atoms with Gasteiger partial charge >= 0.3 is 5.97 Å². The topological polar surface area (TPSA) is 73.6 Å². The maximum absolute atomic E-state index is 13.3. The fourth-order valence-corrected chi connectivity index (χ4v) is 4.40. The second-order valence-corrected chi connectivity index (χ2v) is 8.07. The molecule has 5 rings (SSSR count). The Morgan fingerprint density at radius 1 is 1.09 bits per heavy atom. The van der Waals surface area contributed by atoms with Gasteiger partial charge < -0.3 is 4.74 Å². The number of thiazole rings is 1. The van der Waals surface area contributed by atoms with Crippen LogP contribution in [0.5, 0.6) is 0 Å². The molecule has 0 bridgehead atoms. The second-order valence-electron chi connectivity index (χ2n) is 7.24. The molecule has 158 valence electrons. The Labute approximate surface area is 185 Å². The highest BCUT2D eigenvalue weighted by atomic mass is 32.1. The summed E-state index contributed by atoms with van der Waals surface area (Å²) in [6.07, 6.45) is 0. The van der Waals surface area contributed by atoms with Crippen LogP contribution in [0.3, 0.4) is 0 Å². The van der Waals surface area contributed by atoms with E-state index >= 15 is 0 Å².